The van der Waals surface area contributed by atoms with E-state index < -0.39 is 0 Å². The second kappa shape index (κ2) is 7.02. The molecule has 4 rings (SSSR count). The Balaban J connectivity index is 2.05. The van der Waals surface area contributed by atoms with E-state index in [9.17, 15) is 4.79 Å². The van der Waals surface area contributed by atoms with Gasteiger partial charge >= 0.3 is 5.97 Å². The van der Waals surface area contributed by atoms with Crippen LogP contribution in [0.1, 0.15) is 29.7 Å². The summed E-state index contributed by atoms with van der Waals surface area (Å²) >= 11 is 0. The van der Waals surface area contributed by atoms with Crippen LogP contribution < -0.4 is 18.9 Å². The molecule has 2 aliphatic rings. The molecule has 0 saturated carbocycles. The molecule has 6 heteroatoms. The number of carbonyl (C=O) groups is 1. The number of ether oxygens (including phenoxy) is 4. The standard InChI is InChI=1S/C22H25NO5/c1-12(24)28-19-9-13-6-7-23(2)16-8-14-10-17(25-3)18(26-4)11-15(14)21(20(13)16)22(19)27-5/h9-11,16H,6-8H2,1-5H3. The SMILES string of the molecule is COc1cc2c(cc1OC)-c1c(OC)c(OC(C)=O)cc3c1C(C2)N(C)CC3. The molecule has 28 heavy (non-hydrogen) atoms. The van der Waals surface area contributed by atoms with Gasteiger partial charge in [0.15, 0.2) is 23.0 Å². The maximum Gasteiger partial charge on any atom is 0.308 e. The Morgan fingerprint density at radius 2 is 1.68 bits per heavy atom. The zero-order chi connectivity index (χ0) is 20.0. The summed E-state index contributed by atoms with van der Waals surface area (Å²) in [6.45, 7) is 2.36. The van der Waals surface area contributed by atoms with Crippen LogP contribution in [0.25, 0.3) is 11.1 Å². The van der Waals surface area contributed by atoms with Crippen LogP contribution in [0, 0.1) is 0 Å². The van der Waals surface area contributed by atoms with E-state index in [0.29, 0.717) is 23.0 Å². The minimum absolute atomic E-state index is 0.240. The Kier molecular flexibility index (Phi) is 4.67. The molecule has 0 saturated heterocycles. The number of methoxy groups -OCH3 is 3. The van der Waals surface area contributed by atoms with Crippen molar-refractivity contribution in [3.8, 4) is 34.1 Å². The van der Waals surface area contributed by atoms with Crippen molar-refractivity contribution in [1.29, 1.82) is 0 Å². The van der Waals surface area contributed by atoms with Crippen LogP contribution in [0.15, 0.2) is 18.2 Å². The first-order chi connectivity index (χ1) is 13.5. The molecule has 0 radical (unpaired) electrons. The summed E-state index contributed by atoms with van der Waals surface area (Å²) in [6.07, 6.45) is 1.78. The van der Waals surface area contributed by atoms with Crippen LogP contribution in [0.5, 0.6) is 23.0 Å². The molecule has 148 valence electrons. The molecule has 1 heterocycles. The summed E-state index contributed by atoms with van der Waals surface area (Å²) in [5.74, 6) is 2.06. The largest absolute Gasteiger partial charge is 0.493 e. The molecule has 0 bridgehead atoms. The summed E-state index contributed by atoms with van der Waals surface area (Å²) < 4.78 is 22.3. The van der Waals surface area contributed by atoms with Gasteiger partial charge in [0.25, 0.3) is 0 Å². The lowest BCUT2D eigenvalue weighted by atomic mass is 9.76. The predicted molar refractivity (Wildman–Crippen MR) is 106 cm³/mol. The zero-order valence-corrected chi connectivity index (χ0v) is 16.9. The van der Waals surface area contributed by atoms with Gasteiger partial charge in [0.1, 0.15) is 0 Å². The Hall–Kier alpha value is -2.73. The number of fused-ring (bicyclic) bond motifs is 2. The maximum absolute atomic E-state index is 11.7. The van der Waals surface area contributed by atoms with E-state index >= 15 is 0 Å². The van der Waals surface area contributed by atoms with Crippen molar-refractivity contribution in [2.75, 3.05) is 34.9 Å². The van der Waals surface area contributed by atoms with Crippen molar-refractivity contribution in [3.05, 3.63) is 34.9 Å². The van der Waals surface area contributed by atoms with Crippen LogP contribution in [0.3, 0.4) is 0 Å². The Labute approximate surface area is 165 Å². The second-order valence-electron chi connectivity index (χ2n) is 7.26. The first-order valence-electron chi connectivity index (χ1n) is 9.36. The average molecular weight is 383 g/mol. The molecule has 2 aromatic rings. The van der Waals surface area contributed by atoms with Gasteiger partial charge in [-0.25, -0.2) is 0 Å². The number of likely N-dealkylation sites (N-methyl/N-ethyl adjacent to an activating group) is 1. The molecule has 0 fully saturated rings. The van der Waals surface area contributed by atoms with Crippen molar-refractivity contribution in [3.63, 3.8) is 0 Å². The molecule has 1 unspecified atom stereocenters. The van der Waals surface area contributed by atoms with E-state index in [4.69, 9.17) is 18.9 Å². The number of benzene rings is 2. The van der Waals surface area contributed by atoms with Crippen LogP contribution in [-0.2, 0) is 17.6 Å². The number of esters is 1. The van der Waals surface area contributed by atoms with E-state index in [0.717, 1.165) is 36.1 Å². The lowest BCUT2D eigenvalue weighted by Gasteiger charge is -2.40. The van der Waals surface area contributed by atoms with Gasteiger partial charge in [0.2, 0.25) is 0 Å². The fraction of sp³-hybridized carbons (Fsp3) is 0.409. The van der Waals surface area contributed by atoms with Crippen LogP contribution >= 0.6 is 0 Å². The van der Waals surface area contributed by atoms with Gasteiger partial charge in [0, 0.05) is 25.1 Å². The van der Waals surface area contributed by atoms with E-state index in [1.807, 2.05) is 18.2 Å². The molecule has 1 aliphatic heterocycles. The van der Waals surface area contributed by atoms with Crippen LogP contribution in [-0.4, -0.2) is 45.8 Å². The highest BCUT2D eigenvalue weighted by molar-refractivity contribution is 5.86. The summed E-state index contributed by atoms with van der Waals surface area (Å²) in [5, 5.41) is 0. The normalized spacial score (nSPS) is 17.4. The Bertz CT molecular complexity index is 953. The van der Waals surface area contributed by atoms with Crippen molar-refractivity contribution in [2.45, 2.75) is 25.8 Å². The third kappa shape index (κ3) is 2.79. The fourth-order valence-corrected chi connectivity index (χ4v) is 4.46. The molecule has 0 N–H and O–H groups in total. The first-order valence-corrected chi connectivity index (χ1v) is 9.36. The van der Waals surface area contributed by atoms with E-state index in [-0.39, 0.29) is 12.0 Å². The molecule has 1 atom stereocenters. The summed E-state index contributed by atoms with van der Waals surface area (Å²) in [4.78, 5) is 14.1. The number of rotatable bonds is 4. The molecule has 0 spiro atoms. The summed E-state index contributed by atoms with van der Waals surface area (Å²) in [7, 11) is 7.04. The quantitative estimate of drug-likeness (QED) is 0.596. The fourth-order valence-electron chi connectivity index (χ4n) is 4.46. The van der Waals surface area contributed by atoms with E-state index in [1.54, 1.807) is 21.3 Å². The topological polar surface area (TPSA) is 57.2 Å². The third-order valence-corrected chi connectivity index (χ3v) is 5.72. The van der Waals surface area contributed by atoms with Gasteiger partial charge in [-0.15, -0.1) is 0 Å². The van der Waals surface area contributed by atoms with Gasteiger partial charge in [-0.1, -0.05) is 0 Å². The minimum Gasteiger partial charge on any atom is -0.493 e. The molecular formula is C22H25NO5. The molecule has 2 aromatic carbocycles. The average Bonchev–Trinajstić information content (AvgIpc) is 2.68. The maximum atomic E-state index is 11.7. The number of carbonyl (C=O) groups excluding carboxylic acids is 1. The first kappa shape index (κ1) is 18.6. The zero-order valence-electron chi connectivity index (χ0n) is 16.9. The molecule has 0 aromatic heterocycles. The van der Waals surface area contributed by atoms with Gasteiger partial charge in [-0.05, 0) is 60.3 Å². The summed E-state index contributed by atoms with van der Waals surface area (Å²) in [6, 6.07) is 6.24. The third-order valence-electron chi connectivity index (χ3n) is 5.72. The highest BCUT2D eigenvalue weighted by Crippen LogP contribution is 2.53. The van der Waals surface area contributed by atoms with E-state index in [2.05, 4.69) is 11.9 Å². The van der Waals surface area contributed by atoms with Crippen molar-refractivity contribution < 1.29 is 23.7 Å². The molecule has 0 amide bonds. The molecular weight excluding hydrogens is 358 g/mol. The lowest BCUT2D eigenvalue weighted by Crippen LogP contribution is -2.35. The Morgan fingerprint density at radius 1 is 1.00 bits per heavy atom. The Morgan fingerprint density at radius 3 is 2.32 bits per heavy atom. The number of nitrogens with zero attached hydrogens (tertiary/aromatic N) is 1. The predicted octanol–water partition coefficient (Wildman–Crippen LogP) is 3.39. The second-order valence-corrected chi connectivity index (χ2v) is 7.26. The van der Waals surface area contributed by atoms with Crippen molar-refractivity contribution in [1.82, 2.24) is 4.90 Å². The highest BCUT2D eigenvalue weighted by atomic mass is 16.6. The van der Waals surface area contributed by atoms with Gasteiger partial charge in [-0.2, -0.15) is 0 Å². The van der Waals surface area contributed by atoms with Gasteiger partial charge < -0.3 is 18.9 Å². The van der Waals surface area contributed by atoms with Crippen LogP contribution in [0.4, 0.5) is 0 Å². The lowest BCUT2D eigenvalue weighted by molar-refractivity contribution is -0.132. The van der Waals surface area contributed by atoms with Crippen LogP contribution in [0.2, 0.25) is 0 Å². The van der Waals surface area contributed by atoms with Gasteiger partial charge in [-0.3, -0.25) is 9.69 Å². The van der Waals surface area contributed by atoms with Crippen molar-refractivity contribution >= 4 is 5.97 Å². The summed E-state index contributed by atoms with van der Waals surface area (Å²) in [5.41, 5.74) is 5.63. The van der Waals surface area contributed by atoms with E-state index in [1.165, 1.54) is 18.1 Å². The van der Waals surface area contributed by atoms with Gasteiger partial charge in [0.05, 0.1) is 21.3 Å². The monoisotopic (exact) mass is 383 g/mol. The van der Waals surface area contributed by atoms with Crippen molar-refractivity contribution in [2.24, 2.45) is 0 Å². The minimum atomic E-state index is -0.363. The number of hydrogen-bond donors (Lipinski definition) is 0. The molecule has 6 nitrogen and oxygen atoms in total. The number of hydrogen-bond acceptors (Lipinski definition) is 6. The smallest absolute Gasteiger partial charge is 0.308 e. The highest BCUT2D eigenvalue weighted by Gasteiger charge is 2.37. The molecule has 1 aliphatic carbocycles.